The third kappa shape index (κ3) is 9.93. The lowest BCUT2D eigenvalue weighted by Crippen LogP contribution is -3.00. The molecule has 2 saturated heterocycles. The van der Waals surface area contributed by atoms with Crippen LogP contribution in [0, 0.1) is 0 Å². The molecule has 3 rings (SSSR count). The average molecular weight is 694 g/mol. The van der Waals surface area contributed by atoms with E-state index in [-0.39, 0.29) is 87.8 Å². The van der Waals surface area contributed by atoms with Gasteiger partial charge in [-0.15, -0.1) is 0 Å². The first-order valence-corrected chi connectivity index (χ1v) is 12.2. The fourth-order valence-electron chi connectivity index (χ4n) is 5.00. The third-order valence-corrected chi connectivity index (χ3v) is 7.30. The minimum absolute atomic E-state index is 0. The van der Waals surface area contributed by atoms with Crippen LogP contribution in [0.25, 0.3) is 0 Å². The van der Waals surface area contributed by atoms with E-state index >= 15 is 0 Å². The second-order valence-corrected chi connectivity index (χ2v) is 9.85. The van der Waals surface area contributed by atoms with Gasteiger partial charge in [0.25, 0.3) is 0 Å². The molecular formula is C20H46Cl5N5O10. The Morgan fingerprint density at radius 2 is 1.27 bits per heavy atom. The zero-order valence-corrected chi connectivity index (χ0v) is 26.0. The molecule has 40 heavy (non-hydrogen) atoms. The maximum Gasteiger partial charge on any atom is 0.214 e. The maximum atomic E-state index is 11.0. The third-order valence-electron chi connectivity index (χ3n) is 7.30. The summed E-state index contributed by atoms with van der Waals surface area (Å²) in [5.74, 6) is 0. The molecule has 1 aliphatic carbocycles. The van der Waals surface area contributed by atoms with E-state index in [2.05, 4.69) is 28.7 Å². The number of halogens is 5. The first-order chi connectivity index (χ1) is 16.5. The summed E-state index contributed by atoms with van der Waals surface area (Å²) in [6.07, 6.45) is -10.3. The summed E-state index contributed by atoms with van der Waals surface area (Å²) >= 11 is 0. The van der Waals surface area contributed by atoms with Crippen LogP contribution in [0.3, 0.4) is 0 Å². The van der Waals surface area contributed by atoms with Crippen LogP contribution < -0.4 is 90.7 Å². The van der Waals surface area contributed by atoms with Crippen LogP contribution in [0.5, 0.6) is 0 Å². The summed E-state index contributed by atoms with van der Waals surface area (Å²) < 4.78 is 29.6. The van der Waals surface area contributed by atoms with Crippen LogP contribution in [-0.2, 0) is 23.7 Å². The van der Waals surface area contributed by atoms with E-state index < -0.39 is 85.6 Å². The van der Waals surface area contributed by atoms with E-state index in [1.807, 2.05) is 0 Å². The van der Waals surface area contributed by atoms with Gasteiger partial charge in [0, 0.05) is 0 Å². The highest BCUT2D eigenvalue weighted by Crippen LogP contribution is 2.31. The number of aliphatic hydroxyl groups excluding tert-OH is 5. The molecule has 15 nitrogen and oxygen atoms in total. The van der Waals surface area contributed by atoms with Crippen LogP contribution in [0.15, 0.2) is 0 Å². The Bertz CT molecular complexity index is 690. The summed E-state index contributed by atoms with van der Waals surface area (Å²) in [6.45, 7) is 1.76. The second-order valence-electron chi connectivity index (χ2n) is 9.85. The van der Waals surface area contributed by atoms with Gasteiger partial charge in [0.15, 0.2) is 12.3 Å². The Labute approximate surface area is 264 Å². The zero-order valence-electron chi connectivity index (χ0n) is 22.2. The fourth-order valence-corrected chi connectivity index (χ4v) is 5.00. The maximum absolute atomic E-state index is 11.0. The predicted octanol–water partition coefficient (Wildman–Crippen LogP) is -24.8. The summed E-state index contributed by atoms with van der Waals surface area (Å²) in [7, 11) is 0. The Kier molecular flexibility index (Phi) is 22.6. The van der Waals surface area contributed by atoms with Crippen molar-refractivity contribution in [3.05, 3.63) is 0 Å². The Morgan fingerprint density at radius 3 is 1.82 bits per heavy atom. The number of aliphatic hydroxyl groups is 5. The molecule has 0 aromatic heterocycles. The van der Waals surface area contributed by atoms with E-state index in [1.54, 1.807) is 6.92 Å². The van der Waals surface area contributed by atoms with Gasteiger partial charge in [-0.1, -0.05) is 0 Å². The highest BCUT2D eigenvalue weighted by molar-refractivity contribution is 4.97. The van der Waals surface area contributed by atoms with Gasteiger partial charge in [-0.3, -0.25) is 0 Å². The standard InChI is InChI=1S/C20H41N5O10.5ClH/c1-6-10(24)17(31-3-2-26)15(30)20(32-6)35-18-12(27)7(22)4-8(23)16(18)34-19-11(25)14(29)13(28)9(5-21)33-19;;;;;/h6-20,26-30H,2-5,21-25H2,1H3;5*1H/t6-,7-,8+,9-,10-,11-,12+,13-,14-,15-,16-,17+,18-,19-,20+;;;;;/m1...../s1. The van der Waals surface area contributed by atoms with E-state index in [1.165, 1.54) is 0 Å². The van der Waals surface area contributed by atoms with Crippen molar-refractivity contribution in [1.29, 1.82) is 0 Å². The molecule has 0 bridgehead atoms. The predicted molar refractivity (Wildman–Crippen MR) is 113 cm³/mol. The first-order valence-electron chi connectivity index (χ1n) is 12.2. The lowest BCUT2D eigenvalue weighted by atomic mass is 9.84. The van der Waals surface area contributed by atoms with E-state index in [9.17, 15) is 20.4 Å². The van der Waals surface area contributed by atoms with Crippen LogP contribution in [-0.4, -0.2) is 137 Å². The molecule has 3 aliphatic rings. The SMILES string of the molecule is C[C@H]1O[C@@H](O[C@@H]2[C@@H](O)[C@H]([NH3+])C[C@H]([NH3+])[C@H]2O[C@H]2O[C@H](C[NH3+])[C@@H](O)[C@H](O)[C@H]2[NH3+])[C@H](O)[C@@H](OCCO)[C@@H]1[NH3+].[Cl-].[Cl-].[Cl-].[Cl-].[Cl-]. The topological polar surface area (TPSA) is 285 Å². The minimum Gasteiger partial charge on any atom is -1.00 e. The van der Waals surface area contributed by atoms with Gasteiger partial charge >= 0.3 is 0 Å². The number of ether oxygens (including phenoxy) is 5. The van der Waals surface area contributed by atoms with Crippen LogP contribution in [0.1, 0.15) is 13.3 Å². The van der Waals surface area contributed by atoms with Gasteiger partial charge in [0.05, 0.1) is 19.6 Å². The lowest BCUT2D eigenvalue weighted by Gasteiger charge is -2.46. The molecule has 0 radical (unpaired) electrons. The van der Waals surface area contributed by atoms with E-state index in [0.29, 0.717) is 6.42 Å². The Hall–Kier alpha value is 0.850. The molecule has 3 fully saturated rings. The summed E-state index contributed by atoms with van der Waals surface area (Å²) in [5.41, 5.74) is 19.8. The van der Waals surface area contributed by atoms with Gasteiger partial charge in [0.2, 0.25) is 6.29 Å². The van der Waals surface area contributed by atoms with Crippen molar-refractivity contribution < 1.29 is 140 Å². The zero-order chi connectivity index (χ0) is 26.0. The largest absolute Gasteiger partial charge is 1.00 e. The number of rotatable bonds is 8. The molecule has 2 heterocycles. The summed E-state index contributed by atoms with van der Waals surface area (Å²) in [6, 6.07) is -2.06. The van der Waals surface area contributed by atoms with Gasteiger partial charge in [-0.05, 0) is 6.92 Å². The van der Waals surface area contributed by atoms with Crippen LogP contribution in [0.2, 0.25) is 0 Å². The van der Waals surface area contributed by atoms with Crippen molar-refractivity contribution in [2.75, 3.05) is 19.8 Å². The fraction of sp³-hybridized carbons (Fsp3) is 1.00. The van der Waals surface area contributed by atoms with Crippen molar-refractivity contribution in [3.8, 4) is 0 Å². The van der Waals surface area contributed by atoms with Gasteiger partial charge in [-0.25, -0.2) is 0 Å². The first kappa shape index (κ1) is 45.3. The highest BCUT2D eigenvalue weighted by atomic mass is 35.5. The normalized spacial score (nSPS) is 44.9. The highest BCUT2D eigenvalue weighted by Gasteiger charge is 2.55. The van der Waals surface area contributed by atoms with E-state index in [4.69, 9.17) is 28.8 Å². The monoisotopic (exact) mass is 691 g/mol. The van der Waals surface area contributed by atoms with Crippen LogP contribution in [0.4, 0.5) is 0 Å². The number of hydrogen-bond donors (Lipinski definition) is 10. The summed E-state index contributed by atoms with van der Waals surface area (Å²) in [4.78, 5) is 0. The molecule has 15 atom stereocenters. The number of quaternary nitrogens is 5. The van der Waals surface area contributed by atoms with Crippen molar-refractivity contribution in [1.82, 2.24) is 0 Å². The molecule has 0 spiro atoms. The lowest BCUT2D eigenvalue weighted by molar-refractivity contribution is -0.539. The Balaban J connectivity index is -0.00000274. The van der Waals surface area contributed by atoms with Crippen LogP contribution >= 0.6 is 0 Å². The molecule has 20 N–H and O–H groups in total. The number of hydrogen-bond acceptors (Lipinski definition) is 10. The van der Waals surface area contributed by atoms with Gasteiger partial charge < -0.3 is 140 Å². The molecular weight excluding hydrogens is 648 g/mol. The quantitative estimate of drug-likeness (QED) is 0.115. The average Bonchev–Trinajstić information content (AvgIpc) is 2.82. The molecule has 0 unspecified atom stereocenters. The molecule has 1 saturated carbocycles. The van der Waals surface area contributed by atoms with Gasteiger partial charge in [-0.2, -0.15) is 0 Å². The Morgan fingerprint density at radius 1 is 0.700 bits per heavy atom. The van der Waals surface area contributed by atoms with Gasteiger partial charge in [0.1, 0.15) is 79.6 Å². The molecule has 0 aromatic rings. The molecule has 246 valence electrons. The van der Waals surface area contributed by atoms with E-state index in [0.717, 1.165) is 0 Å². The molecule has 0 amide bonds. The van der Waals surface area contributed by atoms with Crippen molar-refractivity contribution >= 4 is 0 Å². The molecule has 20 heteroatoms. The smallest absolute Gasteiger partial charge is 0.214 e. The van der Waals surface area contributed by atoms with Crippen molar-refractivity contribution in [2.24, 2.45) is 0 Å². The minimum atomic E-state index is -1.25. The summed E-state index contributed by atoms with van der Waals surface area (Å²) in [5, 5.41) is 51.7. The molecule has 0 aromatic carbocycles. The van der Waals surface area contributed by atoms with Crippen molar-refractivity contribution in [2.45, 2.75) is 105 Å². The molecule has 2 aliphatic heterocycles. The second kappa shape index (κ2) is 20.0. The van der Waals surface area contributed by atoms with Crippen molar-refractivity contribution in [3.63, 3.8) is 0 Å².